The average molecular weight is 461 g/mol. The number of rotatable bonds is 7. The number of alkyl halides is 3. The first-order chi connectivity index (χ1) is 15.8. The van der Waals surface area contributed by atoms with Crippen LogP contribution in [0, 0.1) is 0 Å². The van der Waals surface area contributed by atoms with Crippen LogP contribution in [0.3, 0.4) is 0 Å². The van der Waals surface area contributed by atoms with Gasteiger partial charge in [0.2, 0.25) is 0 Å². The minimum atomic E-state index is -4.61. The summed E-state index contributed by atoms with van der Waals surface area (Å²) in [5.41, 5.74) is 3.96. The van der Waals surface area contributed by atoms with Gasteiger partial charge in [-0.25, -0.2) is 4.79 Å². The molecule has 0 aliphatic carbocycles. The third kappa shape index (κ3) is 6.11. The molecule has 0 unspecified atom stereocenters. The standard InChI is InChI=1S/C24H26F3N3O3/c25-24(26,27)16-30-22(31)15-29(23(30)32)14-17-4-6-19(7-5-17)20-3-1-2-18(12-20)13-28-21-8-10-33-11-9-21/h1-7,12,21,28H,8-11,13-16H2. The predicted molar refractivity (Wildman–Crippen MR) is 116 cm³/mol. The highest BCUT2D eigenvalue weighted by molar-refractivity contribution is 6.02. The summed E-state index contributed by atoms with van der Waals surface area (Å²) in [7, 11) is 0. The molecular weight excluding hydrogens is 435 g/mol. The van der Waals surface area contributed by atoms with E-state index in [2.05, 4.69) is 17.4 Å². The molecule has 0 atom stereocenters. The molecule has 3 amide bonds. The Morgan fingerprint density at radius 1 is 0.970 bits per heavy atom. The molecule has 0 aromatic heterocycles. The molecule has 2 aromatic carbocycles. The van der Waals surface area contributed by atoms with Gasteiger partial charge in [-0.2, -0.15) is 13.2 Å². The van der Waals surface area contributed by atoms with Crippen LogP contribution in [-0.2, 0) is 22.6 Å². The zero-order chi connectivity index (χ0) is 23.4. The van der Waals surface area contributed by atoms with Crippen molar-refractivity contribution in [3.8, 4) is 11.1 Å². The first-order valence-corrected chi connectivity index (χ1v) is 10.9. The number of halogens is 3. The molecule has 176 valence electrons. The minimum Gasteiger partial charge on any atom is -0.381 e. The van der Waals surface area contributed by atoms with E-state index < -0.39 is 24.7 Å². The van der Waals surface area contributed by atoms with Crippen molar-refractivity contribution in [3.05, 3.63) is 59.7 Å². The highest BCUT2D eigenvalue weighted by Gasteiger charge is 2.42. The van der Waals surface area contributed by atoms with Crippen LogP contribution in [0.1, 0.15) is 24.0 Å². The summed E-state index contributed by atoms with van der Waals surface area (Å²) in [6.07, 6.45) is -2.58. The summed E-state index contributed by atoms with van der Waals surface area (Å²) in [6, 6.07) is 15.3. The van der Waals surface area contributed by atoms with Gasteiger partial charge in [0, 0.05) is 32.3 Å². The van der Waals surface area contributed by atoms with Crippen molar-refractivity contribution in [2.45, 2.75) is 38.1 Å². The van der Waals surface area contributed by atoms with Crippen LogP contribution in [0.25, 0.3) is 11.1 Å². The van der Waals surface area contributed by atoms with Crippen molar-refractivity contribution in [1.82, 2.24) is 15.1 Å². The molecule has 33 heavy (non-hydrogen) atoms. The van der Waals surface area contributed by atoms with Gasteiger partial charge in [0.25, 0.3) is 5.91 Å². The Morgan fingerprint density at radius 2 is 1.70 bits per heavy atom. The predicted octanol–water partition coefficient (Wildman–Crippen LogP) is 3.95. The third-order valence-electron chi connectivity index (χ3n) is 5.87. The van der Waals surface area contributed by atoms with Crippen LogP contribution in [0.15, 0.2) is 48.5 Å². The van der Waals surface area contributed by atoms with Crippen LogP contribution in [-0.4, -0.2) is 60.3 Å². The van der Waals surface area contributed by atoms with Crippen molar-refractivity contribution < 1.29 is 27.5 Å². The van der Waals surface area contributed by atoms with Gasteiger partial charge in [-0.3, -0.25) is 9.69 Å². The van der Waals surface area contributed by atoms with E-state index in [0.717, 1.165) is 54.2 Å². The molecule has 0 bridgehead atoms. The lowest BCUT2D eigenvalue weighted by atomic mass is 10.0. The fourth-order valence-corrected chi connectivity index (χ4v) is 4.10. The smallest absolute Gasteiger partial charge is 0.381 e. The molecule has 2 aliphatic rings. The number of amides is 3. The van der Waals surface area contributed by atoms with E-state index in [1.807, 2.05) is 36.4 Å². The largest absolute Gasteiger partial charge is 0.406 e. The molecule has 0 saturated carbocycles. The fraction of sp³-hybridized carbons (Fsp3) is 0.417. The Hall–Kier alpha value is -2.91. The monoisotopic (exact) mass is 461 g/mol. The molecule has 0 radical (unpaired) electrons. The number of carbonyl (C=O) groups excluding carboxylic acids is 2. The number of urea groups is 1. The molecule has 2 saturated heterocycles. The van der Waals surface area contributed by atoms with Gasteiger partial charge in [0.1, 0.15) is 13.1 Å². The fourth-order valence-electron chi connectivity index (χ4n) is 4.10. The van der Waals surface area contributed by atoms with Gasteiger partial charge in [-0.05, 0) is 41.2 Å². The van der Waals surface area contributed by atoms with Gasteiger partial charge >= 0.3 is 12.2 Å². The molecule has 4 rings (SSSR count). The van der Waals surface area contributed by atoms with E-state index in [0.29, 0.717) is 6.04 Å². The summed E-state index contributed by atoms with van der Waals surface area (Å²) in [5.74, 6) is -0.833. The van der Waals surface area contributed by atoms with Gasteiger partial charge in [-0.15, -0.1) is 0 Å². The molecule has 1 N–H and O–H groups in total. The lowest BCUT2D eigenvalue weighted by molar-refractivity contribution is -0.151. The maximum atomic E-state index is 12.6. The summed E-state index contributed by atoms with van der Waals surface area (Å²) >= 11 is 0. The molecular formula is C24H26F3N3O3. The second-order valence-corrected chi connectivity index (χ2v) is 8.40. The van der Waals surface area contributed by atoms with E-state index in [1.165, 1.54) is 5.56 Å². The van der Waals surface area contributed by atoms with E-state index in [4.69, 9.17) is 4.74 Å². The Bertz CT molecular complexity index is 988. The van der Waals surface area contributed by atoms with Crippen molar-refractivity contribution >= 4 is 11.9 Å². The Balaban J connectivity index is 1.36. The number of imide groups is 1. The van der Waals surface area contributed by atoms with Crippen molar-refractivity contribution in [2.75, 3.05) is 26.3 Å². The number of ether oxygens (including phenoxy) is 1. The number of hydrogen-bond donors (Lipinski definition) is 1. The minimum absolute atomic E-state index is 0.0777. The topological polar surface area (TPSA) is 61.9 Å². The van der Waals surface area contributed by atoms with Crippen LogP contribution >= 0.6 is 0 Å². The average Bonchev–Trinajstić information content (AvgIpc) is 3.05. The SMILES string of the molecule is O=C1CN(Cc2ccc(-c3cccc(CNC4CCOCC4)c3)cc2)C(=O)N1CC(F)(F)F. The number of carbonyl (C=O) groups is 2. The summed E-state index contributed by atoms with van der Waals surface area (Å²) in [5, 5.41) is 3.57. The highest BCUT2D eigenvalue weighted by atomic mass is 19.4. The summed E-state index contributed by atoms with van der Waals surface area (Å²) in [4.78, 5) is 25.4. The van der Waals surface area contributed by atoms with Crippen molar-refractivity contribution in [3.63, 3.8) is 0 Å². The molecule has 2 heterocycles. The van der Waals surface area contributed by atoms with E-state index in [-0.39, 0.29) is 18.0 Å². The maximum Gasteiger partial charge on any atom is 0.406 e. The lowest BCUT2D eigenvalue weighted by Gasteiger charge is -2.23. The van der Waals surface area contributed by atoms with Gasteiger partial charge < -0.3 is 15.0 Å². The molecule has 2 fully saturated rings. The first-order valence-electron chi connectivity index (χ1n) is 10.9. The maximum absolute atomic E-state index is 12.6. The van der Waals surface area contributed by atoms with Crippen LogP contribution in [0.2, 0.25) is 0 Å². The highest BCUT2D eigenvalue weighted by Crippen LogP contribution is 2.24. The zero-order valence-electron chi connectivity index (χ0n) is 18.1. The summed E-state index contributed by atoms with van der Waals surface area (Å²) in [6.45, 7) is 0.534. The lowest BCUT2D eigenvalue weighted by Crippen LogP contribution is -2.39. The molecule has 2 aliphatic heterocycles. The van der Waals surface area contributed by atoms with Crippen molar-refractivity contribution in [1.29, 1.82) is 0 Å². The number of benzene rings is 2. The first kappa shape index (κ1) is 23.3. The number of nitrogens with one attached hydrogen (secondary N) is 1. The zero-order valence-corrected chi connectivity index (χ0v) is 18.1. The van der Waals surface area contributed by atoms with E-state index in [1.54, 1.807) is 0 Å². The molecule has 0 spiro atoms. The number of nitrogens with zero attached hydrogens (tertiary/aromatic N) is 2. The Labute approximate surface area is 190 Å². The van der Waals surface area contributed by atoms with Gasteiger partial charge in [0.15, 0.2) is 0 Å². The summed E-state index contributed by atoms with van der Waals surface area (Å²) < 4.78 is 43.2. The second-order valence-electron chi connectivity index (χ2n) is 8.40. The normalized spacial score (nSPS) is 17.8. The quantitative estimate of drug-likeness (QED) is 0.635. The Kier molecular flexibility index (Phi) is 6.99. The van der Waals surface area contributed by atoms with E-state index >= 15 is 0 Å². The van der Waals surface area contributed by atoms with Crippen LogP contribution in [0.5, 0.6) is 0 Å². The van der Waals surface area contributed by atoms with Crippen molar-refractivity contribution in [2.24, 2.45) is 0 Å². The molecule has 6 nitrogen and oxygen atoms in total. The van der Waals surface area contributed by atoms with Gasteiger partial charge in [-0.1, -0.05) is 42.5 Å². The Morgan fingerprint density at radius 3 is 2.39 bits per heavy atom. The van der Waals surface area contributed by atoms with E-state index in [9.17, 15) is 22.8 Å². The number of hydrogen-bond acceptors (Lipinski definition) is 4. The van der Waals surface area contributed by atoms with Gasteiger partial charge in [0.05, 0.1) is 0 Å². The van der Waals surface area contributed by atoms with Crippen LogP contribution < -0.4 is 5.32 Å². The molecule has 2 aromatic rings. The third-order valence-corrected chi connectivity index (χ3v) is 5.87. The second kappa shape index (κ2) is 9.93. The molecule has 9 heteroatoms. The van der Waals surface area contributed by atoms with Crippen LogP contribution in [0.4, 0.5) is 18.0 Å².